The van der Waals surface area contributed by atoms with E-state index >= 15 is 0 Å². The summed E-state index contributed by atoms with van der Waals surface area (Å²) in [5, 5.41) is 15.1. The summed E-state index contributed by atoms with van der Waals surface area (Å²) in [7, 11) is 0. The Morgan fingerprint density at radius 1 is 1.16 bits per heavy atom. The maximum atomic E-state index is 12.5. The number of amidine groups is 1. The largest absolute Gasteiger partial charge is 0.494 e. The van der Waals surface area contributed by atoms with E-state index in [4.69, 9.17) is 4.74 Å². The third-order valence-electron chi connectivity index (χ3n) is 5.24. The minimum absolute atomic E-state index is 0.0504. The number of carbonyl (C=O) groups is 1. The number of hydrogen-bond donors (Lipinski definition) is 1. The fourth-order valence-corrected chi connectivity index (χ4v) is 6.48. The van der Waals surface area contributed by atoms with Crippen LogP contribution in [0.5, 0.6) is 5.75 Å². The van der Waals surface area contributed by atoms with Gasteiger partial charge in [0.25, 0.3) is 11.6 Å². The van der Waals surface area contributed by atoms with Gasteiger partial charge in [-0.05, 0) is 73.6 Å². The van der Waals surface area contributed by atoms with Crippen molar-refractivity contribution in [2.45, 2.75) is 23.1 Å². The second-order valence-corrected chi connectivity index (χ2v) is 11.3. The Hall–Kier alpha value is -3.67. The zero-order chi connectivity index (χ0) is 25.9. The van der Waals surface area contributed by atoms with Gasteiger partial charge in [-0.2, -0.15) is 0 Å². The fourth-order valence-electron chi connectivity index (χ4n) is 3.50. The lowest BCUT2D eigenvalue weighted by Gasteiger charge is -2.02. The molecule has 4 aromatic rings. The van der Waals surface area contributed by atoms with Gasteiger partial charge in [-0.15, -0.1) is 11.3 Å². The van der Waals surface area contributed by atoms with Gasteiger partial charge in [-0.1, -0.05) is 35.5 Å². The minimum Gasteiger partial charge on any atom is -0.494 e. The van der Waals surface area contributed by atoms with Crippen LogP contribution in [0.15, 0.2) is 79.8 Å². The van der Waals surface area contributed by atoms with Crippen molar-refractivity contribution in [3.63, 3.8) is 0 Å². The third kappa shape index (κ3) is 5.85. The summed E-state index contributed by atoms with van der Waals surface area (Å²) >= 11 is 3.89. The molecule has 0 aliphatic carbocycles. The first kappa shape index (κ1) is 25.0. The van der Waals surface area contributed by atoms with E-state index in [9.17, 15) is 14.9 Å². The van der Waals surface area contributed by atoms with Gasteiger partial charge in [0.15, 0.2) is 9.51 Å². The molecule has 0 bridgehead atoms. The van der Waals surface area contributed by atoms with Gasteiger partial charge in [0.2, 0.25) is 0 Å². The van der Waals surface area contributed by atoms with Gasteiger partial charge in [0.05, 0.1) is 37.2 Å². The van der Waals surface area contributed by atoms with Crippen molar-refractivity contribution in [3.8, 4) is 5.75 Å². The van der Waals surface area contributed by atoms with Crippen LogP contribution < -0.4 is 10.1 Å². The maximum absolute atomic E-state index is 12.5. The lowest BCUT2D eigenvalue weighted by molar-refractivity contribution is -0.387. The van der Waals surface area contributed by atoms with Crippen molar-refractivity contribution in [1.29, 1.82) is 0 Å². The van der Waals surface area contributed by atoms with Crippen molar-refractivity contribution < 1.29 is 14.5 Å². The van der Waals surface area contributed by atoms with Crippen LogP contribution in [0.2, 0.25) is 0 Å². The Morgan fingerprint density at radius 3 is 2.73 bits per heavy atom. The first-order valence-corrected chi connectivity index (χ1v) is 13.7. The van der Waals surface area contributed by atoms with Gasteiger partial charge in [-0.25, -0.2) is 9.98 Å². The minimum atomic E-state index is -0.420. The van der Waals surface area contributed by atoms with Gasteiger partial charge in [0, 0.05) is 6.07 Å². The lowest BCUT2D eigenvalue weighted by atomic mass is 10.2. The Morgan fingerprint density at radius 2 is 1.97 bits per heavy atom. The van der Waals surface area contributed by atoms with E-state index in [2.05, 4.69) is 15.3 Å². The van der Waals surface area contributed by atoms with Gasteiger partial charge >= 0.3 is 0 Å². The molecule has 186 valence electrons. The van der Waals surface area contributed by atoms with Crippen LogP contribution in [0.4, 0.5) is 11.4 Å². The first-order valence-electron chi connectivity index (χ1n) is 11.2. The van der Waals surface area contributed by atoms with E-state index in [1.165, 1.54) is 40.9 Å². The predicted molar refractivity (Wildman–Crippen MR) is 150 cm³/mol. The average Bonchev–Trinajstić information content (AvgIpc) is 3.43. The van der Waals surface area contributed by atoms with Gasteiger partial charge in [0.1, 0.15) is 5.75 Å². The Kier molecular flexibility index (Phi) is 7.26. The number of carbonyl (C=O) groups excluding carboxylic acids is 1. The quantitative estimate of drug-likeness (QED) is 0.151. The van der Waals surface area contributed by atoms with Crippen LogP contribution in [-0.4, -0.2) is 27.6 Å². The normalized spacial score (nSPS) is 15.5. The average molecular weight is 549 g/mol. The Bertz CT molecular complexity index is 1580. The second kappa shape index (κ2) is 10.8. The number of benzene rings is 3. The summed E-state index contributed by atoms with van der Waals surface area (Å²) in [4.78, 5) is 33.9. The Labute approximate surface area is 225 Å². The molecule has 11 heteroatoms. The molecule has 1 fully saturated rings. The highest BCUT2D eigenvalue weighted by Crippen LogP contribution is 2.40. The van der Waals surface area contributed by atoms with E-state index in [0.717, 1.165) is 27.2 Å². The van der Waals surface area contributed by atoms with Crippen molar-refractivity contribution in [2.24, 2.45) is 4.99 Å². The van der Waals surface area contributed by atoms with Gasteiger partial charge < -0.3 is 10.1 Å². The molecule has 5 rings (SSSR count). The van der Waals surface area contributed by atoms with Crippen molar-refractivity contribution >= 4 is 73.6 Å². The summed E-state index contributed by atoms with van der Waals surface area (Å²) in [6.07, 6.45) is 1.63. The highest BCUT2D eigenvalue weighted by atomic mass is 32.2. The maximum Gasteiger partial charge on any atom is 0.283 e. The van der Waals surface area contributed by atoms with Crippen molar-refractivity contribution in [1.82, 2.24) is 10.3 Å². The van der Waals surface area contributed by atoms with Gasteiger partial charge in [-0.3, -0.25) is 14.9 Å². The highest BCUT2D eigenvalue weighted by molar-refractivity contribution is 8.18. The smallest absolute Gasteiger partial charge is 0.283 e. The van der Waals surface area contributed by atoms with Crippen molar-refractivity contribution in [3.05, 3.63) is 86.8 Å². The standard InChI is InChI=1S/C26H20N4O4S3/c1-3-34-18-9-10-19-22(14-18)37-26(28-19)36-21-11-6-16(12-20(21)30(32)33)13-23-24(31)29-25(35-23)27-17-7-4-15(2)5-8-17/h4-14H,3H2,1-2H3,(H,27,29,31)/b23-13-. The summed E-state index contributed by atoms with van der Waals surface area (Å²) in [5.41, 5.74) is 3.17. The molecule has 37 heavy (non-hydrogen) atoms. The van der Waals surface area contributed by atoms with Crippen LogP contribution in [0, 0.1) is 17.0 Å². The molecule has 0 spiro atoms. The van der Waals surface area contributed by atoms with E-state index < -0.39 is 4.92 Å². The van der Waals surface area contributed by atoms with E-state index in [-0.39, 0.29) is 11.6 Å². The number of nitro benzene ring substituents is 1. The number of hydrogen-bond acceptors (Lipinski definition) is 9. The number of nitrogens with zero attached hydrogens (tertiary/aromatic N) is 3. The number of amides is 1. The van der Waals surface area contributed by atoms with E-state index in [1.807, 2.05) is 56.3 Å². The molecule has 0 unspecified atom stereocenters. The van der Waals surface area contributed by atoms with Crippen LogP contribution >= 0.6 is 34.9 Å². The highest BCUT2D eigenvalue weighted by Gasteiger charge is 2.25. The molecule has 1 aliphatic rings. The van der Waals surface area contributed by atoms with E-state index in [1.54, 1.807) is 18.2 Å². The second-order valence-electron chi connectivity index (χ2n) is 7.95. The molecule has 1 saturated heterocycles. The third-order valence-corrected chi connectivity index (χ3v) is 8.30. The molecule has 2 heterocycles. The molecule has 0 radical (unpaired) electrons. The molecule has 1 aliphatic heterocycles. The number of aryl methyl sites for hydroxylation is 1. The number of nitro groups is 1. The number of rotatable bonds is 7. The van der Waals surface area contributed by atoms with Crippen molar-refractivity contribution in [2.75, 3.05) is 6.61 Å². The molecule has 0 atom stereocenters. The Balaban J connectivity index is 1.37. The molecule has 1 amide bonds. The zero-order valence-electron chi connectivity index (χ0n) is 19.8. The van der Waals surface area contributed by atoms with Crippen LogP contribution in [0.1, 0.15) is 18.1 Å². The molecule has 0 saturated carbocycles. The summed E-state index contributed by atoms with van der Waals surface area (Å²) < 4.78 is 7.19. The number of thiazole rings is 1. The molecule has 1 N–H and O–H groups in total. The topological polar surface area (TPSA) is 107 Å². The number of thioether (sulfide) groups is 1. The molecule has 8 nitrogen and oxygen atoms in total. The molecular weight excluding hydrogens is 529 g/mol. The number of aromatic nitrogens is 1. The number of nitrogens with one attached hydrogen (secondary N) is 1. The van der Waals surface area contributed by atoms with Crippen LogP contribution in [0.25, 0.3) is 16.3 Å². The predicted octanol–water partition coefficient (Wildman–Crippen LogP) is 6.95. The lowest BCUT2D eigenvalue weighted by Crippen LogP contribution is -2.19. The summed E-state index contributed by atoms with van der Waals surface area (Å²) in [6.45, 7) is 4.48. The monoisotopic (exact) mass is 548 g/mol. The molecule has 3 aromatic carbocycles. The molecular formula is C26H20N4O4S3. The number of aliphatic imine (C=N–C) groups is 1. The first-order chi connectivity index (χ1) is 17.9. The fraction of sp³-hybridized carbons (Fsp3) is 0.115. The molecule has 1 aromatic heterocycles. The van der Waals surface area contributed by atoms with Crippen LogP contribution in [-0.2, 0) is 4.79 Å². The summed E-state index contributed by atoms with van der Waals surface area (Å²) in [5.74, 6) is 0.470. The SMILES string of the molecule is CCOc1ccc2nc(Sc3ccc(/C=C4\SC(=Nc5ccc(C)cc5)NC4=O)cc3[N+](=O)[O-])sc2c1. The van der Waals surface area contributed by atoms with Crippen LogP contribution in [0.3, 0.4) is 0 Å². The van der Waals surface area contributed by atoms with E-state index in [0.29, 0.717) is 31.5 Å². The summed E-state index contributed by atoms with van der Waals surface area (Å²) in [6, 6.07) is 18.2. The number of ether oxygens (including phenoxy) is 1. The number of fused-ring (bicyclic) bond motifs is 1. The zero-order valence-corrected chi connectivity index (χ0v) is 22.2.